The Morgan fingerprint density at radius 1 is 1.42 bits per heavy atom. The van der Waals surface area contributed by atoms with Crippen LogP contribution in [-0.4, -0.2) is 48.4 Å². The van der Waals surface area contributed by atoms with E-state index in [2.05, 4.69) is 15.4 Å². The lowest BCUT2D eigenvalue weighted by molar-refractivity contribution is -0.388. The van der Waals surface area contributed by atoms with E-state index in [1.807, 2.05) is 0 Å². The number of hydrogen-bond acceptors (Lipinski definition) is 9. The molecule has 1 aliphatic carbocycles. The molecule has 4 rings (SSSR count). The molecule has 0 bridgehead atoms. The summed E-state index contributed by atoms with van der Waals surface area (Å²) in [7, 11) is 0. The Kier molecular flexibility index (Phi) is 3.90. The van der Waals surface area contributed by atoms with E-state index in [-0.39, 0.29) is 23.7 Å². The van der Waals surface area contributed by atoms with Crippen LogP contribution in [0.25, 0.3) is 11.0 Å². The molecule has 3 heterocycles. The van der Waals surface area contributed by atoms with Gasteiger partial charge in [0, 0.05) is 19.8 Å². The standard InChI is InChI=1S/C14H14N6O6/c1-7(21)25-6-9-4-5-10(26-9)19-14(22)12-11(15-17-19)13(20(23)24)16-18(12)8-2-3-8/h4-5,8-10H,2-3,6H2,1H3. The van der Waals surface area contributed by atoms with Crippen molar-refractivity contribution >= 4 is 22.8 Å². The fourth-order valence-corrected chi connectivity index (χ4v) is 2.74. The van der Waals surface area contributed by atoms with Crippen molar-refractivity contribution in [2.45, 2.75) is 38.1 Å². The molecule has 1 aliphatic heterocycles. The third kappa shape index (κ3) is 2.81. The van der Waals surface area contributed by atoms with Gasteiger partial charge in [0.1, 0.15) is 6.61 Å². The van der Waals surface area contributed by atoms with Crippen LogP contribution in [-0.2, 0) is 14.3 Å². The summed E-state index contributed by atoms with van der Waals surface area (Å²) < 4.78 is 12.8. The van der Waals surface area contributed by atoms with Crippen molar-refractivity contribution < 1.29 is 19.2 Å². The van der Waals surface area contributed by atoms with E-state index in [0.717, 1.165) is 17.5 Å². The lowest BCUT2D eigenvalue weighted by Gasteiger charge is -2.13. The van der Waals surface area contributed by atoms with E-state index in [9.17, 15) is 19.7 Å². The van der Waals surface area contributed by atoms with Crippen molar-refractivity contribution in [1.29, 1.82) is 0 Å². The third-order valence-electron chi connectivity index (χ3n) is 4.08. The third-order valence-corrected chi connectivity index (χ3v) is 4.08. The average Bonchev–Trinajstić information content (AvgIpc) is 3.19. The second-order valence-corrected chi connectivity index (χ2v) is 6.05. The van der Waals surface area contributed by atoms with E-state index in [1.165, 1.54) is 11.6 Å². The van der Waals surface area contributed by atoms with Crippen molar-refractivity contribution in [3.8, 4) is 0 Å². The number of nitrogens with zero attached hydrogens (tertiary/aromatic N) is 6. The maximum absolute atomic E-state index is 12.9. The number of hydrogen-bond donors (Lipinski definition) is 0. The van der Waals surface area contributed by atoms with Crippen molar-refractivity contribution in [2.75, 3.05) is 6.61 Å². The van der Waals surface area contributed by atoms with Gasteiger partial charge in [0.2, 0.25) is 5.52 Å². The predicted octanol–water partition coefficient (Wildman–Crippen LogP) is 0.100. The molecule has 2 radical (unpaired) electrons. The Morgan fingerprint density at radius 3 is 2.85 bits per heavy atom. The van der Waals surface area contributed by atoms with Crippen LogP contribution in [0.1, 0.15) is 32.0 Å². The van der Waals surface area contributed by atoms with Gasteiger partial charge < -0.3 is 19.6 Å². The lowest BCUT2D eigenvalue weighted by atomic mass is 10.2. The summed E-state index contributed by atoms with van der Waals surface area (Å²) in [5.74, 6) is -0.927. The van der Waals surface area contributed by atoms with E-state index >= 15 is 0 Å². The summed E-state index contributed by atoms with van der Waals surface area (Å²) in [6.07, 6.45) is 3.45. The van der Waals surface area contributed by atoms with Crippen molar-refractivity contribution in [2.24, 2.45) is 0 Å². The molecule has 0 N–H and O–H groups in total. The Hall–Kier alpha value is -2.89. The Morgan fingerprint density at radius 2 is 2.19 bits per heavy atom. The van der Waals surface area contributed by atoms with Crippen LogP contribution in [0.4, 0.5) is 5.82 Å². The summed E-state index contributed by atoms with van der Waals surface area (Å²) in [6.45, 7) is 1.30. The summed E-state index contributed by atoms with van der Waals surface area (Å²) >= 11 is 0. The molecule has 0 aromatic carbocycles. The molecule has 12 heteroatoms. The molecule has 2 atom stereocenters. The first-order chi connectivity index (χ1) is 12.5. The molecule has 1 saturated heterocycles. The zero-order valence-corrected chi connectivity index (χ0v) is 13.6. The molecule has 12 nitrogen and oxygen atoms in total. The van der Waals surface area contributed by atoms with Crippen molar-refractivity contribution in [1.82, 2.24) is 24.8 Å². The van der Waals surface area contributed by atoms with Gasteiger partial charge in [-0.25, -0.2) is 0 Å². The SMILES string of the molecule is CC(=O)OCC1[CH][CH]C(n2nnc3c([N+](=O)[O-])nn(C4CC4)c3c2=O)O1. The molecule has 0 amide bonds. The molecule has 1 saturated carbocycles. The fraction of sp³-hybridized carbons (Fsp3) is 0.500. The first-order valence-corrected chi connectivity index (χ1v) is 7.95. The molecule has 26 heavy (non-hydrogen) atoms. The molecule has 2 aromatic heterocycles. The normalized spacial score (nSPS) is 22.7. The van der Waals surface area contributed by atoms with Crippen molar-refractivity contribution in [3.05, 3.63) is 33.3 Å². The number of carbonyl (C=O) groups excluding carboxylic acids is 1. The maximum atomic E-state index is 12.9. The fourth-order valence-electron chi connectivity index (χ4n) is 2.74. The molecule has 2 aliphatic rings. The second-order valence-electron chi connectivity index (χ2n) is 6.05. The summed E-state index contributed by atoms with van der Waals surface area (Å²) in [6, 6.07) is -0.0479. The van der Waals surface area contributed by atoms with Crippen LogP contribution in [0.3, 0.4) is 0 Å². The van der Waals surface area contributed by atoms with Gasteiger partial charge in [-0.15, -0.1) is 5.10 Å². The first-order valence-electron chi connectivity index (χ1n) is 7.95. The van der Waals surface area contributed by atoms with E-state index in [0.29, 0.717) is 0 Å². The zero-order valence-electron chi connectivity index (χ0n) is 13.6. The predicted molar refractivity (Wildman–Crippen MR) is 83.7 cm³/mol. The van der Waals surface area contributed by atoms with Crippen LogP contribution in [0.5, 0.6) is 0 Å². The largest absolute Gasteiger partial charge is 0.463 e. The van der Waals surface area contributed by atoms with Gasteiger partial charge in [0.05, 0.1) is 17.2 Å². The van der Waals surface area contributed by atoms with E-state index < -0.39 is 34.6 Å². The number of aromatic nitrogens is 5. The molecular weight excluding hydrogens is 348 g/mol. The topological polar surface area (TPSA) is 144 Å². The minimum absolute atomic E-state index is 0.0121. The minimum Gasteiger partial charge on any atom is -0.463 e. The number of fused-ring (bicyclic) bond motifs is 1. The van der Waals surface area contributed by atoms with E-state index in [1.54, 1.807) is 12.8 Å². The molecular formula is C14H14N6O6. The minimum atomic E-state index is -0.846. The average molecular weight is 362 g/mol. The molecule has 0 spiro atoms. The van der Waals surface area contributed by atoms with Crippen LogP contribution < -0.4 is 5.56 Å². The Bertz CT molecular complexity index is 947. The molecule has 2 unspecified atom stereocenters. The van der Waals surface area contributed by atoms with Crippen LogP contribution in [0.2, 0.25) is 0 Å². The number of ether oxygens (including phenoxy) is 2. The van der Waals surface area contributed by atoms with Gasteiger partial charge in [-0.2, -0.15) is 9.36 Å². The lowest BCUT2D eigenvalue weighted by Crippen LogP contribution is -2.30. The number of esters is 1. The van der Waals surface area contributed by atoms with Crippen LogP contribution in [0.15, 0.2) is 4.79 Å². The highest BCUT2D eigenvalue weighted by molar-refractivity contribution is 5.81. The van der Waals surface area contributed by atoms with Crippen molar-refractivity contribution in [3.63, 3.8) is 0 Å². The zero-order chi connectivity index (χ0) is 18.4. The highest BCUT2D eigenvalue weighted by Crippen LogP contribution is 2.37. The van der Waals surface area contributed by atoms with Crippen LogP contribution in [0, 0.1) is 23.0 Å². The number of nitro groups is 1. The van der Waals surface area contributed by atoms with Gasteiger partial charge in [-0.3, -0.25) is 9.59 Å². The quantitative estimate of drug-likeness (QED) is 0.410. The van der Waals surface area contributed by atoms with Gasteiger partial charge in [-0.1, -0.05) is 5.21 Å². The summed E-state index contributed by atoms with van der Waals surface area (Å²) in [4.78, 5) is 34.2. The van der Waals surface area contributed by atoms with E-state index in [4.69, 9.17) is 9.47 Å². The van der Waals surface area contributed by atoms with Gasteiger partial charge >= 0.3 is 17.3 Å². The van der Waals surface area contributed by atoms with Gasteiger partial charge in [0.25, 0.3) is 0 Å². The summed E-state index contributed by atoms with van der Waals surface area (Å²) in [5.41, 5.74) is -0.679. The Balaban J connectivity index is 1.68. The summed E-state index contributed by atoms with van der Waals surface area (Å²) in [5, 5.41) is 22.7. The molecule has 2 aromatic rings. The monoisotopic (exact) mass is 362 g/mol. The second kappa shape index (κ2) is 6.12. The highest BCUT2D eigenvalue weighted by Gasteiger charge is 2.37. The van der Waals surface area contributed by atoms with Gasteiger partial charge in [-0.05, 0) is 17.8 Å². The highest BCUT2D eigenvalue weighted by atomic mass is 16.6. The number of rotatable bonds is 5. The molecule has 136 valence electrons. The number of carbonyl (C=O) groups is 1. The Labute approximate surface area is 145 Å². The first kappa shape index (κ1) is 16.6. The maximum Gasteiger partial charge on any atom is 0.418 e. The smallest absolute Gasteiger partial charge is 0.418 e. The molecule has 2 fully saturated rings. The van der Waals surface area contributed by atoms with Gasteiger partial charge in [0.15, 0.2) is 11.7 Å². The van der Waals surface area contributed by atoms with Crippen LogP contribution >= 0.6 is 0 Å².